The van der Waals surface area contributed by atoms with Gasteiger partial charge in [0.15, 0.2) is 0 Å². The van der Waals surface area contributed by atoms with E-state index in [-0.39, 0.29) is 41.9 Å². The van der Waals surface area contributed by atoms with Crippen molar-refractivity contribution in [1.29, 1.82) is 0 Å². The molecule has 0 amide bonds. The SMILES string of the molecule is COC(=O)[C@@H]1[C@@H]2[C@H]1[C@@H](OC(C)=O)C=C[C@H]2OC. The molecule has 0 aromatic rings. The maximum Gasteiger partial charge on any atom is 0.309 e. The van der Waals surface area contributed by atoms with Crippen molar-refractivity contribution in [3.05, 3.63) is 12.2 Å². The van der Waals surface area contributed by atoms with Gasteiger partial charge in [-0.05, 0) is 6.08 Å². The van der Waals surface area contributed by atoms with E-state index in [9.17, 15) is 9.59 Å². The fourth-order valence-corrected chi connectivity index (χ4v) is 2.68. The fraction of sp³-hybridized carbons (Fsp3) is 0.667. The van der Waals surface area contributed by atoms with E-state index in [0.29, 0.717) is 0 Å². The van der Waals surface area contributed by atoms with Gasteiger partial charge in [0.05, 0.1) is 19.1 Å². The molecule has 5 nitrogen and oxygen atoms in total. The standard InChI is InChI=1S/C12H16O5/c1-6(13)17-8-5-4-7(15-2)9-10(8)11(9)12(14)16-3/h4-5,7-11H,1-3H3/t7-,8+,9+,10-,11-/m1/s1. The second kappa shape index (κ2) is 4.49. The molecule has 0 bridgehead atoms. The third-order valence-corrected chi connectivity index (χ3v) is 3.43. The molecule has 94 valence electrons. The number of methoxy groups -OCH3 is 2. The highest BCUT2D eigenvalue weighted by Gasteiger charge is 2.64. The van der Waals surface area contributed by atoms with Crippen LogP contribution in [-0.4, -0.2) is 38.4 Å². The molecule has 0 aliphatic heterocycles. The Morgan fingerprint density at radius 2 is 1.65 bits per heavy atom. The van der Waals surface area contributed by atoms with Crippen molar-refractivity contribution in [2.45, 2.75) is 19.1 Å². The molecule has 2 aliphatic rings. The predicted octanol–water partition coefficient (Wildman–Crippen LogP) is 0.538. The highest BCUT2D eigenvalue weighted by molar-refractivity contribution is 5.77. The first-order valence-electron chi connectivity index (χ1n) is 5.56. The molecule has 0 aromatic carbocycles. The van der Waals surface area contributed by atoms with E-state index in [1.165, 1.54) is 14.0 Å². The lowest BCUT2D eigenvalue weighted by Crippen LogP contribution is -2.25. The molecule has 2 rings (SSSR count). The van der Waals surface area contributed by atoms with Crippen LogP contribution in [0.1, 0.15) is 6.92 Å². The summed E-state index contributed by atoms with van der Waals surface area (Å²) in [5.74, 6) is -0.792. The van der Waals surface area contributed by atoms with Crippen molar-refractivity contribution in [1.82, 2.24) is 0 Å². The van der Waals surface area contributed by atoms with Gasteiger partial charge in [-0.25, -0.2) is 0 Å². The largest absolute Gasteiger partial charge is 0.469 e. The molecule has 1 saturated carbocycles. The van der Waals surface area contributed by atoms with E-state index in [1.54, 1.807) is 13.2 Å². The van der Waals surface area contributed by atoms with Crippen LogP contribution in [0.25, 0.3) is 0 Å². The molecule has 0 spiro atoms. The zero-order valence-electron chi connectivity index (χ0n) is 10.1. The van der Waals surface area contributed by atoms with Crippen molar-refractivity contribution >= 4 is 11.9 Å². The summed E-state index contributed by atoms with van der Waals surface area (Å²) in [5, 5.41) is 0. The third-order valence-electron chi connectivity index (χ3n) is 3.43. The molecule has 5 atom stereocenters. The van der Waals surface area contributed by atoms with Crippen molar-refractivity contribution < 1.29 is 23.8 Å². The Labute approximate surface area is 99.7 Å². The van der Waals surface area contributed by atoms with Gasteiger partial charge in [-0.2, -0.15) is 0 Å². The Hall–Kier alpha value is -1.36. The van der Waals surface area contributed by atoms with Gasteiger partial charge in [0, 0.05) is 25.9 Å². The summed E-state index contributed by atoms with van der Waals surface area (Å²) in [7, 11) is 2.97. The van der Waals surface area contributed by atoms with Crippen LogP contribution >= 0.6 is 0 Å². The van der Waals surface area contributed by atoms with Gasteiger partial charge in [0.25, 0.3) is 0 Å². The number of esters is 2. The summed E-state index contributed by atoms with van der Waals surface area (Å²) in [6.07, 6.45) is 3.20. The van der Waals surface area contributed by atoms with E-state index >= 15 is 0 Å². The van der Waals surface area contributed by atoms with Crippen LogP contribution in [0.15, 0.2) is 12.2 Å². The first-order valence-corrected chi connectivity index (χ1v) is 5.56. The van der Waals surface area contributed by atoms with E-state index in [4.69, 9.17) is 14.2 Å². The number of rotatable bonds is 3. The van der Waals surface area contributed by atoms with Gasteiger partial charge >= 0.3 is 11.9 Å². The summed E-state index contributed by atoms with van der Waals surface area (Å²) in [6.45, 7) is 1.36. The van der Waals surface area contributed by atoms with Crippen LogP contribution < -0.4 is 0 Å². The molecule has 1 fully saturated rings. The van der Waals surface area contributed by atoms with Gasteiger partial charge in [-0.15, -0.1) is 0 Å². The topological polar surface area (TPSA) is 61.8 Å². The van der Waals surface area contributed by atoms with Gasteiger partial charge in [-0.3, -0.25) is 9.59 Å². The van der Waals surface area contributed by atoms with Gasteiger partial charge in [0.1, 0.15) is 6.10 Å². The Bertz CT molecular complexity index is 362. The Morgan fingerprint density at radius 1 is 1.06 bits per heavy atom. The van der Waals surface area contributed by atoms with E-state index in [0.717, 1.165) is 0 Å². The highest BCUT2D eigenvalue weighted by Crippen LogP contribution is 2.55. The Morgan fingerprint density at radius 3 is 2.18 bits per heavy atom. The van der Waals surface area contributed by atoms with Gasteiger partial charge in [0.2, 0.25) is 0 Å². The summed E-state index contributed by atoms with van der Waals surface area (Å²) < 4.78 is 15.2. The average Bonchev–Trinajstić information content (AvgIpc) is 3.03. The molecule has 0 N–H and O–H groups in total. The van der Waals surface area contributed by atoms with Crippen LogP contribution in [0.3, 0.4) is 0 Å². The molecular formula is C12H16O5. The summed E-state index contributed by atoms with van der Waals surface area (Å²) in [6, 6.07) is 0. The quantitative estimate of drug-likeness (QED) is 0.532. The Balaban J connectivity index is 2.13. The van der Waals surface area contributed by atoms with Crippen molar-refractivity contribution in [2.24, 2.45) is 17.8 Å². The minimum absolute atomic E-state index is 0.0127. The molecule has 17 heavy (non-hydrogen) atoms. The van der Waals surface area contributed by atoms with Crippen LogP contribution in [-0.2, 0) is 23.8 Å². The molecule has 0 radical (unpaired) electrons. The number of hydrogen-bond acceptors (Lipinski definition) is 5. The lowest BCUT2D eigenvalue weighted by molar-refractivity contribution is -0.148. The normalized spacial score (nSPS) is 38.2. The van der Waals surface area contributed by atoms with Crippen molar-refractivity contribution in [3.8, 4) is 0 Å². The minimum atomic E-state index is -0.343. The summed E-state index contributed by atoms with van der Waals surface area (Å²) in [4.78, 5) is 22.6. The monoisotopic (exact) mass is 240 g/mol. The summed E-state index contributed by atoms with van der Waals surface area (Å²) in [5.41, 5.74) is 0. The first kappa shape index (κ1) is 12.1. The number of carbonyl (C=O) groups excluding carboxylic acids is 2. The second-order valence-electron chi connectivity index (χ2n) is 4.36. The number of carbonyl (C=O) groups is 2. The molecule has 5 heteroatoms. The van der Waals surface area contributed by atoms with Crippen molar-refractivity contribution in [2.75, 3.05) is 14.2 Å². The molecular weight excluding hydrogens is 224 g/mol. The lowest BCUT2D eigenvalue weighted by atomic mass is 10.0. The molecule has 0 saturated heterocycles. The molecule has 0 aromatic heterocycles. The van der Waals surface area contributed by atoms with Crippen LogP contribution in [0.2, 0.25) is 0 Å². The summed E-state index contributed by atoms with van der Waals surface area (Å²) >= 11 is 0. The number of ether oxygens (including phenoxy) is 3. The highest BCUT2D eigenvalue weighted by atomic mass is 16.5. The van der Waals surface area contributed by atoms with Crippen molar-refractivity contribution in [3.63, 3.8) is 0 Å². The van der Waals surface area contributed by atoms with E-state index < -0.39 is 0 Å². The van der Waals surface area contributed by atoms with Gasteiger partial charge in [-0.1, -0.05) is 6.08 Å². The van der Waals surface area contributed by atoms with Gasteiger partial charge < -0.3 is 14.2 Å². The minimum Gasteiger partial charge on any atom is -0.469 e. The first-order chi connectivity index (χ1) is 8.10. The molecule has 0 heterocycles. The molecule has 0 unspecified atom stereocenters. The molecule has 2 aliphatic carbocycles. The smallest absolute Gasteiger partial charge is 0.309 e. The maximum atomic E-state index is 11.6. The fourth-order valence-electron chi connectivity index (χ4n) is 2.68. The number of fused-ring (bicyclic) bond motifs is 1. The second-order valence-corrected chi connectivity index (χ2v) is 4.36. The van der Waals surface area contributed by atoms with Crippen LogP contribution in [0.4, 0.5) is 0 Å². The van der Waals surface area contributed by atoms with E-state index in [1.807, 2.05) is 6.08 Å². The maximum absolute atomic E-state index is 11.6. The average molecular weight is 240 g/mol. The predicted molar refractivity (Wildman–Crippen MR) is 58.0 cm³/mol. The number of hydrogen-bond donors (Lipinski definition) is 0. The zero-order valence-corrected chi connectivity index (χ0v) is 10.1. The zero-order chi connectivity index (χ0) is 12.6. The van der Waals surface area contributed by atoms with Crippen LogP contribution in [0.5, 0.6) is 0 Å². The lowest BCUT2D eigenvalue weighted by Gasteiger charge is -2.20. The Kier molecular flexibility index (Phi) is 3.19. The van der Waals surface area contributed by atoms with E-state index in [2.05, 4.69) is 0 Å². The van der Waals surface area contributed by atoms with Crippen LogP contribution in [0, 0.1) is 17.8 Å². The third kappa shape index (κ3) is 2.07.